The third kappa shape index (κ3) is 8.12. The summed E-state index contributed by atoms with van der Waals surface area (Å²) in [6.45, 7) is 2.62. The first-order valence-electron chi connectivity index (χ1n) is 11.2. The summed E-state index contributed by atoms with van der Waals surface area (Å²) in [5.74, 6) is -0.572. The average Bonchev–Trinajstić information content (AvgIpc) is 2.80. The fourth-order valence-corrected chi connectivity index (χ4v) is 4.11. The molecule has 2 N–H and O–H groups in total. The quantitative estimate of drug-likeness (QED) is 0.431. The molecule has 3 rings (SSSR count). The molecule has 0 unspecified atom stereocenters. The van der Waals surface area contributed by atoms with Crippen LogP contribution in [0.3, 0.4) is 0 Å². The molecule has 1 atom stereocenters. The number of piperidine rings is 1. The maximum Gasteiger partial charge on any atom is 0.416 e. The summed E-state index contributed by atoms with van der Waals surface area (Å²) in [7, 11) is 0. The average molecular weight is 522 g/mol. The number of carbonyl (C=O) groups excluding carboxylic acids is 1. The number of carbonyl (C=O) groups is 1. The van der Waals surface area contributed by atoms with Crippen LogP contribution in [0.15, 0.2) is 42.5 Å². The van der Waals surface area contributed by atoms with Gasteiger partial charge in [0.1, 0.15) is 6.04 Å². The van der Waals surface area contributed by atoms with Gasteiger partial charge in [0.25, 0.3) is 0 Å². The molecule has 0 saturated carbocycles. The number of rotatable bonds is 8. The summed E-state index contributed by atoms with van der Waals surface area (Å²) >= 11 is 5.93. The SMILES string of the molecule is O=C(NCc1cc(C(F)(F)F)cc(C(F)(F)F)c1)[C@@H](NCCN1CCCCC1)c1ccc(Cl)cc1. The maximum atomic E-state index is 13.1. The molecule has 1 saturated heterocycles. The second-order valence-corrected chi connectivity index (χ2v) is 8.91. The van der Waals surface area contributed by atoms with Crippen molar-refractivity contribution in [3.63, 3.8) is 0 Å². The van der Waals surface area contributed by atoms with Crippen LogP contribution in [0.25, 0.3) is 0 Å². The summed E-state index contributed by atoms with van der Waals surface area (Å²) < 4.78 is 78.8. The lowest BCUT2D eigenvalue weighted by molar-refractivity contribution is -0.143. The van der Waals surface area contributed by atoms with E-state index in [2.05, 4.69) is 15.5 Å². The Morgan fingerprint density at radius 3 is 2.03 bits per heavy atom. The molecule has 0 aliphatic carbocycles. The van der Waals surface area contributed by atoms with Crippen molar-refractivity contribution in [3.05, 3.63) is 69.7 Å². The van der Waals surface area contributed by atoms with E-state index in [0.717, 1.165) is 25.9 Å². The Bertz CT molecular complexity index is 956. The van der Waals surface area contributed by atoms with Crippen molar-refractivity contribution in [2.75, 3.05) is 26.2 Å². The van der Waals surface area contributed by atoms with Crippen LogP contribution in [0.5, 0.6) is 0 Å². The number of alkyl halides is 6. The topological polar surface area (TPSA) is 44.4 Å². The van der Waals surface area contributed by atoms with E-state index in [1.807, 2.05) is 0 Å². The molecule has 4 nitrogen and oxygen atoms in total. The van der Waals surface area contributed by atoms with E-state index in [4.69, 9.17) is 11.6 Å². The highest BCUT2D eigenvalue weighted by molar-refractivity contribution is 6.30. The number of amides is 1. The van der Waals surface area contributed by atoms with Crippen LogP contribution in [0.4, 0.5) is 26.3 Å². The minimum absolute atomic E-state index is 0.0595. The Morgan fingerprint density at radius 2 is 1.49 bits per heavy atom. The predicted octanol–water partition coefficient (Wildman–Crippen LogP) is 5.81. The van der Waals surface area contributed by atoms with Crippen LogP contribution in [0, 0.1) is 0 Å². The molecule has 0 aromatic heterocycles. The number of nitrogens with zero attached hydrogens (tertiary/aromatic N) is 1. The zero-order valence-electron chi connectivity index (χ0n) is 18.8. The lowest BCUT2D eigenvalue weighted by Crippen LogP contribution is -2.41. The van der Waals surface area contributed by atoms with Gasteiger partial charge in [-0.15, -0.1) is 0 Å². The summed E-state index contributed by atoms with van der Waals surface area (Å²) in [6.07, 6.45) is -6.51. The van der Waals surface area contributed by atoms with Gasteiger partial charge in [-0.1, -0.05) is 30.2 Å². The van der Waals surface area contributed by atoms with Crippen LogP contribution in [0.2, 0.25) is 5.02 Å². The third-order valence-corrected chi connectivity index (χ3v) is 6.06. The minimum Gasteiger partial charge on any atom is -0.350 e. The molecule has 1 aliphatic heterocycles. The molecule has 2 aromatic carbocycles. The number of likely N-dealkylation sites (tertiary alicyclic amines) is 1. The van der Waals surface area contributed by atoms with E-state index in [1.54, 1.807) is 24.3 Å². The maximum absolute atomic E-state index is 13.1. The summed E-state index contributed by atoms with van der Waals surface area (Å²) in [5, 5.41) is 6.09. The Kier molecular flexibility index (Phi) is 9.06. The number of hydrogen-bond donors (Lipinski definition) is 2. The molecule has 0 radical (unpaired) electrons. The number of benzene rings is 2. The van der Waals surface area contributed by atoms with Crippen LogP contribution in [-0.2, 0) is 23.7 Å². The molecule has 0 bridgehead atoms. The van der Waals surface area contributed by atoms with E-state index >= 15 is 0 Å². The van der Waals surface area contributed by atoms with Gasteiger partial charge in [-0.2, -0.15) is 26.3 Å². The van der Waals surface area contributed by atoms with Crippen molar-refractivity contribution in [1.82, 2.24) is 15.5 Å². The Balaban J connectivity index is 1.73. The first kappa shape index (κ1) is 27.3. The smallest absolute Gasteiger partial charge is 0.350 e. The van der Waals surface area contributed by atoms with Crippen molar-refractivity contribution in [3.8, 4) is 0 Å². The molecule has 1 heterocycles. The van der Waals surface area contributed by atoms with Crippen LogP contribution in [0.1, 0.15) is 47.6 Å². The second-order valence-electron chi connectivity index (χ2n) is 8.47. The van der Waals surface area contributed by atoms with Gasteiger partial charge in [0.05, 0.1) is 11.1 Å². The molecule has 0 spiro atoms. The van der Waals surface area contributed by atoms with Crippen molar-refractivity contribution in [1.29, 1.82) is 0 Å². The summed E-state index contributed by atoms with van der Waals surface area (Å²) in [4.78, 5) is 15.3. The lowest BCUT2D eigenvalue weighted by atomic mass is 10.0. The van der Waals surface area contributed by atoms with E-state index in [1.165, 1.54) is 6.42 Å². The molecule has 192 valence electrons. The zero-order chi connectivity index (χ0) is 25.6. The van der Waals surface area contributed by atoms with Gasteiger partial charge in [-0.25, -0.2) is 0 Å². The van der Waals surface area contributed by atoms with Gasteiger partial charge in [-0.05, 0) is 67.4 Å². The van der Waals surface area contributed by atoms with Gasteiger partial charge >= 0.3 is 12.4 Å². The Labute approximate surface area is 204 Å². The van der Waals surface area contributed by atoms with Crippen molar-refractivity contribution < 1.29 is 31.1 Å². The monoisotopic (exact) mass is 521 g/mol. The molecular formula is C24H26ClF6N3O. The molecule has 1 fully saturated rings. The Morgan fingerprint density at radius 1 is 0.914 bits per heavy atom. The highest BCUT2D eigenvalue weighted by Crippen LogP contribution is 2.36. The Hall–Kier alpha value is -2.30. The van der Waals surface area contributed by atoms with Gasteiger partial charge < -0.3 is 15.5 Å². The number of nitrogens with one attached hydrogen (secondary N) is 2. The summed E-state index contributed by atoms with van der Waals surface area (Å²) in [6, 6.07) is 6.92. The number of hydrogen-bond acceptors (Lipinski definition) is 3. The molecule has 2 aromatic rings. The van der Waals surface area contributed by atoms with E-state index in [0.29, 0.717) is 35.8 Å². The van der Waals surface area contributed by atoms with Gasteiger partial charge in [0.15, 0.2) is 0 Å². The fraction of sp³-hybridized carbons (Fsp3) is 0.458. The van der Waals surface area contributed by atoms with Gasteiger partial charge in [-0.3, -0.25) is 4.79 Å². The highest BCUT2D eigenvalue weighted by atomic mass is 35.5. The van der Waals surface area contributed by atoms with Gasteiger partial charge in [0, 0.05) is 24.7 Å². The van der Waals surface area contributed by atoms with Crippen LogP contribution in [-0.4, -0.2) is 37.0 Å². The highest BCUT2D eigenvalue weighted by Gasteiger charge is 2.37. The zero-order valence-corrected chi connectivity index (χ0v) is 19.5. The van der Waals surface area contributed by atoms with Crippen molar-refractivity contribution >= 4 is 17.5 Å². The number of halogens is 7. The van der Waals surface area contributed by atoms with Crippen LogP contribution >= 0.6 is 11.6 Å². The fourth-order valence-electron chi connectivity index (χ4n) is 3.98. The predicted molar refractivity (Wildman–Crippen MR) is 121 cm³/mol. The first-order chi connectivity index (χ1) is 16.4. The van der Waals surface area contributed by atoms with Crippen molar-refractivity contribution in [2.24, 2.45) is 0 Å². The first-order valence-corrected chi connectivity index (χ1v) is 11.6. The standard InChI is InChI=1S/C24H26ClF6N3O/c25-20-6-4-17(5-7-20)21(32-8-11-34-9-2-1-3-10-34)22(35)33-15-16-12-18(23(26,27)28)14-19(13-16)24(29,30)31/h4-7,12-14,21,32H,1-3,8-11,15H2,(H,33,35)/t21-/m0/s1. The molecule has 1 amide bonds. The van der Waals surface area contributed by atoms with Crippen LogP contribution < -0.4 is 10.6 Å². The largest absolute Gasteiger partial charge is 0.416 e. The van der Waals surface area contributed by atoms with E-state index in [9.17, 15) is 31.1 Å². The molecule has 1 aliphatic rings. The normalized spacial score (nSPS) is 16.2. The third-order valence-electron chi connectivity index (χ3n) is 5.80. The second kappa shape index (κ2) is 11.6. The van der Waals surface area contributed by atoms with Gasteiger partial charge in [0.2, 0.25) is 5.91 Å². The molecular weight excluding hydrogens is 496 g/mol. The van der Waals surface area contributed by atoms with E-state index in [-0.39, 0.29) is 11.6 Å². The van der Waals surface area contributed by atoms with E-state index < -0.39 is 42.0 Å². The van der Waals surface area contributed by atoms with Crippen molar-refractivity contribution in [2.45, 2.75) is 44.2 Å². The molecule has 11 heteroatoms. The minimum atomic E-state index is -4.96. The lowest BCUT2D eigenvalue weighted by Gasteiger charge is -2.27. The summed E-state index contributed by atoms with van der Waals surface area (Å²) in [5.41, 5.74) is -2.58. The molecule has 35 heavy (non-hydrogen) atoms.